The number of nitrogens with zero attached hydrogens (tertiary/aromatic N) is 2. The molecule has 18 atom stereocenters. The van der Waals surface area contributed by atoms with E-state index in [1.165, 1.54) is 44.7 Å². The number of aliphatic hydroxyl groups is 2. The Labute approximate surface area is 456 Å². The normalized spacial score (nSPS) is 37.6. The average Bonchev–Trinajstić information content (AvgIpc) is 3.65. The summed E-state index contributed by atoms with van der Waals surface area (Å²) in [4.78, 5) is 63.3. The van der Waals surface area contributed by atoms with Gasteiger partial charge in [-0.15, -0.1) is 0 Å². The monoisotopic (exact) mass is 1110 g/mol. The van der Waals surface area contributed by atoms with Crippen molar-refractivity contribution in [2.45, 2.75) is 186 Å². The molecule has 0 saturated carbocycles. The zero-order chi connectivity index (χ0) is 56.2. The third kappa shape index (κ3) is 12.9. The lowest BCUT2D eigenvalue weighted by Crippen LogP contribution is -2.61. The van der Waals surface area contributed by atoms with Gasteiger partial charge in [0.05, 0.1) is 77.0 Å². The summed E-state index contributed by atoms with van der Waals surface area (Å²) < 4.78 is 63.2. The van der Waals surface area contributed by atoms with Crippen LogP contribution in [-0.4, -0.2) is 170 Å². The van der Waals surface area contributed by atoms with Gasteiger partial charge in [0.15, 0.2) is 29.7 Å². The number of amides is 2. The van der Waals surface area contributed by atoms with Crippen molar-refractivity contribution >= 4 is 52.6 Å². The van der Waals surface area contributed by atoms with Crippen LogP contribution in [0, 0.1) is 23.7 Å². The maximum absolute atomic E-state index is 15.2. The van der Waals surface area contributed by atoms with Gasteiger partial charge in [-0.25, -0.2) is 4.79 Å². The van der Waals surface area contributed by atoms with E-state index in [0.717, 1.165) is 0 Å². The number of esters is 1. The molecular weight excluding hydrogens is 1030 g/mol. The van der Waals surface area contributed by atoms with Crippen molar-refractivity contribution < 1.29 is 76.8 Å². The fourth-order valence-electron chi connectivity index (χ4n) is 11.7. The molecule has 4 fully saturated rings. The molecule has 76 heavy (non-hydrogen) atoms. The van der Waals surface area contributed by atoms with Crippen LogP contribution < -0.4 is 20.1 Å². The molecule has 4 aliphatic heterocycles. The molecule has 20 nitrogen and oxygen atoms in total. The van der Waals surface area contributed by atoms with E-state index in [0.29, 0.717) is 12.2 Å². The predicted molar refractivity (Wildman–Crippen MR) is 280 cm³/mol. The Hall–Kier alpha value is -3.93. The summed E-state index contributed by atoms with van der Waals surface area (Å²) in [7, 11) is 6.23. The van der Waals surface area contributed by atoms with Crippen LogP contribution in [-0.2, 0) is 47.5 Å². The number of hydrogen-bond donors (Lipinski definition) is 4. The first-order chi connectivity index (χ1) is 35.8. The number of carbonyl (C=O) groups is 4. The van der Waals surface area contributed by atoms with Crippen LogP contribution >= 0.6 is 23.2 Å². The molecule has 4 aliphatic rings. The number of Topliss-reactive ketones (excluding diaryl/α,β-unsaturated/α-hetero) is 1. The summed E-state index contributed by atoms with van der Waals surface area (Å²) in [5, 5.41) is 29.0. The lowest BCUT2D eigenvalue weighted by Gasteiger charge is -2.49. The van der Waals surface area contributed by atoms with Gasteiger partial charge < -0.3 is 73.1 Å². The number of anilines is 1. The summed E-state index contributed by atoms with van der Waals surface area (Å²) in [5.41, 5.74) is -3.54. The SMILES string of the molecule is CC[C@H]1OC(=O)[C@H](C)[C@@H](O[C@H]2C[C@@](C)(OC)[C@@H](O)[C@H](C)O2)[C@H](C)[C@@H](O[C@@H]2O[C@H](C)C[C@H](NC)[C@H]2O)[C@](C)(OC)C[C@@H](C)C(=O)[C@H](C)[C@H]2N(CCCOc3cc(C(=O)Nc4c(Cl)cncc4Cl)ccc3OC)C(=O)O[C@]12C. The topological polar surface area (TPSA) is 241 Å². The highest BCUT2D eigenvalue weighted by molar-refractivity contribution is 6.39. The van der Waals surface area contributed by atoms with Crippen LogP contribution in [0.5, 0.6) is 11.5 Å². The molecule has 426 valence electrons. The van der Waals surface area contributed by atoms with E-state index in [2.05, 4.69) is 15.6 Å². The smallest absolute Gasteiger partial charge is 0.410 e. The van der Waals surface area contributed by atoms with E-state index >= 15 is 4.79 Å². The van der Waals surface area contributed by atoms with Crippen LogP contribution in [0.25, 0.3) is 0 Å². The summed E-state index contributed by atoms with van der Waals surface area (Å²) in [6.45, 7) is 17.8. The highest BCUT2D eigenvalue weighted by Crippen LogP contribution is 2.45. The number of fused-ring (bicyclic) bond motifs is 1. The molecule has 0 bridgehead atoms. The quantitative estimate of drug-likeness (QED) is 0.0977. The van der Waals surface area contributed by atoms with Gasteiger partial charge in [0.1, 0.15) is 24.1 Å². The number of rotatable bonds is 16. The molecule has 0 spiro atoms. The summed E-state index contributed by atoms with van der Waals surface area (Å²) in [6.07, 6.45) is -5.37. The Morgan fingerprint density at radius 2 is 1.58 bits per heavy atom. The number of likely N-dealkylation sites (N-methyl/N-ethyl adjacent to an activating group) is 1. The van der Waals surface area contributed by atoms with Gasteiger partial charge in [0.25, 0.3) is 5.91 Å². The van der Waals surface area contributed by atoms with Gasteiger partial charge in [-0.3, -0.25) is 19.4 Å². The number of carbonyl (C=O) groups excluding carboxylic acids is 4. The number of cyclic esters (lactones) is 1. The molecule has 2 amide bonds. The highest BCUT2D eigenvalue weighted by Gasteiger charge is 2.61. The van der Waals surface area contributed by atoms with E-state index < -0.39 is 114 Å². The molecule has 0 aliphatic carbocycles. The van der Waals surface area contributed by atoms with Crippen LogP contribution in [0.1, 0.15) is 112 Å². The van der Waals surface area contributed by atoms with Crippen molar-refractivity contribution in [1.29, 1.82) is 0 Å². The molecule has 1 aromatic carbocycles. The van der Waals surface area contributed by atoms with Gasteiger partial charge in [-0.2, -0.15) is 0 Å². The number of nitrogens with one attached hydrogen (secondary N) is 2. The fraction of sp³-hybridized carbons (Fsp3) is 0.722. The second-order valence-corrected chi connectivity index (χ2v) is 22.3. The Morgan fingerprint density at radius 3 is 2.20 bits per heavy atom. The zero-order valence-electron chi connectivity index (χ0n) is 46.3. The largest absolute Gasteiger partial charge is 0.493 e. The van der Waals surface area contributed by atoms with Crippen molar-refractivity contribution in [3.8, 4) is 11.5 Å². The lowest BCUT2D eigenvalue weighted by molar-refractivity contribution is -0.317. The molecule has 0 unspecified atom stereocenters. The maximum Gasteiger partial charge on any atom is 0.410 e. The van der Waals surface area contributed by atoms with Crippen LogP contribution in [0.3, 0.4) is 0 Å². The number of ether oxygens (including phenoxy) is 10. The van der Waals surface area contributed by atoms with Crippen molar-refractivity contribution in [3.05, 3.63) is 46.2 Å². The highest BCUT2D eigenvalue weighted by atomic mass is 35.5. The van der Waals surface area contributed by atoms with Crippen LogP contribution in [0.4, 0.5) is 10.5 Å². The van der Waals surface area contributed by atoms with Crippen LogP contribution in [0.2, 0.25) is 10.0 Å². The van der Waals surface area contributed by atoms with Crippen molar-refractivity contribution in [3.63, 3.8) is 0 Å². The van der Waals surface area contributed by atoms with Crippen molar-refractivity contribution in [1.82, 2.24) is 15.2 Å². The molecule has 5 heterocycles. The molecule has 22 heteroatoms. The Kier molecular flexibility index (Phi) is 20.5. The molecule has 6 rings (SSSR count). The molecule has 4 saturated heterocycles. The maximum atomic E-state index is 15.2. The van der Waals surface area contributed by atoms with Crippen molar-refractivity contribution in [2.24, 2.45) is 23.7 Å². The summed E-state index contributed by atoms with van der Waals surface area (Å²) in [5.74, 6) is -4.30. The van der Waals surface area contributed by atoms with E-state index in [4.69, 9.17) is 70.6 Å². The molecular formula is C54H80Cl2N4O16. The third-order valence-corrected chi connectivity index (χ3v) is 16.8. The first-order valence-electron chi connectivity index (χ1n) is 26.2. The van der Waals surface area contributed by atoms with E-state index in [-0.39, 0.29) is 83.8 Å². The van der Waals surface area contributed by atoms with Crippen molar-refractivity contribution in [2.75, 3.05) is 46.8 Å². The molecule has 0 radical (unpaired) electrons. The minimum Gasteiger partial charge on any atom is -0.493 e. The first kappa shape index (κ1) is 61.3. The number of hydrogen-bond acceptors (Lipinski definition) is 18. The number of ketones is 1. The second kappa shape index (κ2) is 25.5. The average molecular weight is 1110 g/mol. The van der Waals surface area contributed by atoms with E-state index in [9.17, 15) is 24.6 Å². The Morgan fingerprint density at radius 1 is 0.908 bits per heavy atom. The van der Waals surface area contributed by atoms with Crippen LogP contribution in [0.15, 0.2) is 30.6 Å². The predicted octanol–water partition coefficient (Wildman–Crippen LogP) is 7.00. The molecule has 2 aromatic rings. The van der Waals surface area contributed by atoms with Gasteiger partial charge >= 0.3 is 12.1 Å². The number of methoxy groups -OCH3 is 3. The Bertz CT molecular complexity index is 2330. The second-order valence-electron chi connectivity index (χ2n) is 21.5. The molecule has 1 aromatic heterocycles. The fourth-order valence-corrected chi connectivity index (χ4v) is 12.2. The van der Waals surface area contributed by atoms with Gasteiger partial charge in [-0.05, 0) is 92.5 Å². The van der Waals surface area contributed by atoms with E-state index in [1.54, 1.807) is 60.7 Å². The van der Waals surface area contributed by atoms with Gasteiger partial charge in [0.2, 0.25) is 0 Å². The minimum absolute atomic E-state index is 0.0332. The van der Waals surface area contributed by atoms with Gasteiger partial charge in [0, 0.05) is 68.9 Å². The summed E-state index contributed by atoms with van der Waals surface area (Å²) in [6, 6.07) is 3.30. The summed E-state index contributed by atoms with van der Waals surface area (Å²) >= 11 is 12.5. The molecule has 4 N–H and O–H groups in total. The lowest BCUT2D eigenvalue weighted by atomic mass is 9.73. The number of aliphatic hydroxyl groups excluding tert-OH is 2. The number of halogens is 2. The van der Waals surface area contributed by atoms with Gasteiger partial charge in [-0.1, -0.05) is 50.9 Å². The number of pyridine rings is 1. The first-order valence-corrected chi connectivity index (χ1v) is 27.0. The van der Waals surface area contributed by atoms with E-state index in [1.807, 2.05) is 27.7 Å². The minimum atomic E-state index is -1.54. The Balaban J connectivity index is 1.34. The standard InChI is InChI=1S/C54H80Cl2N4O16/c1-15-39-54(10)45(60(51(66)76-54)19-16-20-70-38-22-33(17-18-37(38)67-12)48(64)59-41-34(55)25-58-26-35(41)56)29(4)42(61)27(2)23-53(9,69-14)47(75-50-43(62)36(57-11)21-28(3)71-50)30(5)44(31(6)49(65)73-39)74-40-24-52(8,68-13)46(63)32(7)72-40/h17-18,22,25-32,36,39-40,43-47,50,57,62-63H,15-16,19-21,23-24H2,1-14H3,(H,58,59,64)/t27-,28-,29+,30+,31-,32+,36+,39-,40+,43-,44+,45-,46+,47-,50+,52-,53-,54-/m1/s1. The third-order valence-electron chi connectivity index (χ3n) is 16.2. The number of benzene rings is 1. The number of aromatic nitrogens is 1. The zero-order valence-corrected chi connectivity index (χ0v) is 47.8.